The smallest absolute Gasteiger partial charge is 0.395 e. The second-order valence-electron chi connectivity index (χ2n) is 2.47. The van der Waals surface area contributed by atoms with Crippen molar-refractivity contribution in [2.45, 2.75) is 13.1 Å². The Hall–Kier alpha value is -1.53. The number of nitrogens with two attached hydrogens (primary N) is 2. The number of hydrogen-bond acceptors (Lipinski definition) is 4. The van der Waals surface area contributed by atoms with Crippen LogP contribution in [0.25, 0.3) is 0 Å². The van der Waals surface area contributed by atoms with Crippen LogP contribution in [0.2, 0.25) is 0 Å². The van der Waals surface area contributed by atoms with Crippen molar-refractivity contribution in [3.8, 4) is 0 Å². The highest BCUT2D eigenvalue weighted by Gasteiger charge is 2.36. The zero-order valence-corrected chi connectivity index (χ0v) is 6.68. The monoisotopic (exact) mass is 192 g/mol. The first-order valence-corrected chi connectivity index (χ1v) is 3.29. The lowest BCUT2D eigenvalue weighted by atomic mass is 10.2. The van der Waals surface area contributed by atoms with Gasteiger partial charge in [-0.25, -0.2) is 0 Å². The minimum atomic E-state index is -4.54. The molecule has 0 radical (unpaired) electrons. The maximum Gasteiger partial charge on any atom is 0.435 e. The van der Waals surface area contributed by atoms with Gasteiger partial charge >= 0.3 is 6.18 Å². The fourth-order valence-corrected chi connectivity index (χ4v) is 0.822. The van der Waals surface area contributed by atoms with Crippen LogP contribution in [0.4, 0.5) is 24.7 Å². The van der Waals surface area contributed by atoms with Gasteiger partial charge in [-0.2, -0.15) is 13.2 Å². The molecule has 0 aliphatic heterocycles. The normalized spacial score (nSPS) is 11.7. The molecule has 7 heteroatoms. The van der Waals surface area contributed by atoms with E-state index < -0.39 is 11.9 Å². The molecule has 72 valence electrons. The van der Waals surface area contributed by atoms with Crippen LogP contribution in [0.15, 0.2) is 0 Å². The zero-order chi connectivity index (χ0) is 10.2. The molecular weight excluding hydrogens is 185 g/mol. The number of nitrogens with zero attached hydrogens (tertiary/aromatic N) is 2. The molecule has 0 spiro atoms. The average Bonchev–Trinajstić information content (AvgIpc) is 1.98. The van der Waals surface area contributed by atoms with Crippen LogP contribution < -0.4 is 11.5 Å². The van der Waals surface area contributed by atoms with Crippen LogP contribution in [0.5, 0.6) is 0 Å². The number of hydrogen-bond donors (Lipinski definition) is 2. The van der Waals surface area contributed by atoms with Gasteiger partial charge in [-0.1, -0.05) is 0 Å². The summed E-state index contributed by atoms with van der Waals surface area (Å²) >= 11 is 0. The van der Waals surface area contributed by atoms with E-state index in [-0.39, 0.29) is 17.1 Å². The van der Waals surface area contributed by atoms with E-state index >= 15 is 0 Å². The SMILES string of the molecule is Cc1c(C(F)(F)F)nnc(N)c1N. The quantitative estimate of drug-likeness (QED) is 0.641. The highest BCUT2D eigenvalue weighted by atomic mass is 19.4. The summed E-state index contributed by atoms with van der Waals surface area (Å²) in [6.07, 6.45) is -4.54. The van der Waals surface area contributed by atoms with Gasteiger partial charge in [-0.3, -0.25) is 0 Å². The third kappa shape index (κ3) is 1.63. The first-order chi connectivity index (χ1) is 5.84. The Labute approximate surface area is 71.7 Å². The molecule has 0 amide bonds. The van der Waals surface area contributed by atoms with Gasteiger partial charge in [-0.05, 0) is 6.92 Å². The molecule has 1 rings (SSSR count). The maximum atomic E-state index is 12.2. The van der Waals surface area contributed by atoms with E-state index in [1.165, 1.54) is 6.92 Å². The van der Waals surface area contributed by atoms with Crippen molar-refractivity contribution in [1.82, 2.24) is 10.2 Å². The first kappa shape index (κ1) is 9.56. The third-order valence-corrected chi connectivity index (χ3v) is 1.56. The molecule has 0 aliphatic rings. The van der Waals surface area contributed by atoms with Crippen LogP contribution in [-0.4, -0.2) is 10.2 Å². The largest absolute Gasteiger partial charge is 0.435 e. The van der Waals surface area contributed by atoms with Crippen LogP contribution >= 0.6 is 0 Å². The van der Waals surface area contributed by atoms with Crippen LogP contribution in [-0.2, 0) is 6.18 Å². The van der Waals surface area contributed by atoms with Crippen molar-refractivity contribution in [2.75, 3.05) is 11.5 Å². The number of alkyl halides is 3. The molecule has 4 N–H and O–H groups in total. The number of rotatable bonds is 0. The Morgan fingerprint density at radius 3 is 2.15 bits per heavy atom. The fourth-order valence-electron chi connectivity index (χ4n) is 0.822. The van der Waals surface area contributed by atoms with E-state index in [0.717, 1.165) is 0 Å². The van der Waals surface area contributed by atoms with Crippen molar-refractivity contribution in [1.29, 1.82) is 0 Å². The van der Waals surface area contributed by atoms with E-state index in [1.807, 2.05) is 0 Å². The molecule has 13 heavy (non-hydrogen) atoms. The van der Waals surface area contributed by atoms with Gasteiger partial charge < -0.3 is 11.5 Å². The summed E-state index contributed by atoms with van der Waals surface area (Å²) in [6, 6.07) is 0. The fraction of sp³-hybridized carbons (Fsp3) is 0.333. The molecule has 0 atom stereocenters. The summed E-state index contributed by atoms with van der Waals surface area (Å²) in [4.78, 5) is 0. The molecule has 0 bridgehead atoms. The molecular formula is C6H7F3N4. The van der Waals surface area contributed by atoms with Crippen molar-refractivity contribution in [2.24, 2.45) is 0 Å². The average molecular weight is 192 g/mol. The van der Waals surface area contributed by atoms with Gasteiger partial charge in [0.25, 0.3) is 0 Å². The van der Waals surface area contributed by atoms with E-state index in [1.54, 1.807) is 0 Å². The second-order valence-corrected chi connectivity index (χ2v) is 2.47. The molecule has 1 aromatic heterocycles. The minimum absolute atomic E-state index is 0.178. The molecule has 0 unspecified atom stereocenters. The molecule has 0 fully saturated rings. The summed E-state index contributed by atoms with van der Waals surface area (Å²) in [6.45, 7) is 1.20. The number of nitrogen functional groups attached to an aromatic ring is 2. The van der Waals surface area contributed by atoms with E-state index in [2.05, 4.69) is 10.2 Å². The summed E-state index contributed by atoms with van der Waals surface area (Å²) in [5, 5.41) is 6.02. The van der Waals surface area contributed by atoms with Gasteiger partial charge in [-0.15, -0.1) is 10.2 Å². The highest BCUT2D eigenvalue weighted by Crippen LogP contribution is 2.32. The van der Waals surface area contributed by atoms with E-state index in [9.17, 15) is 13.2 Å². The third-order valence-electron chi connectivity index (χ3n) is 1.56. The lowest BCUT2D eigenvalue weighted by molar-refractivity contribution is -0.142. The molecule has 1 aromatic rings. The van der Waals surface area contributed by atoms with Gasteiger partial charge in [0.15, 0.2) is 11.5 Å². The summed E-state index contributed by atoms with van der Waals surface area (Å²) in [5.74, 6) is -0.189. The summed E-state index contributed by atoms with van der Waals surface area (Å²) in [5.41, 5.74) is 8.95. The molecule has 1 heterocycles. The first-order valence-electron chi connectivity index (χ1n) is 3.29. The molecule has 0 saturated carbocycles. The Balaban J connectivity index is 3.35. The van der Waals surface area contributed by atoms with Crippen molar-refractivity contribution in [3.05, 3.63) is 11.3 Å². The Kier molecular flexibility index (Phi) is 2.02. The number of aromatic nitrogens is 2. The Morgan fingerprint density at radius 2 is 1.69 bits per heavy atom. The predicted molar refractivity (Wildman–Crippen MR) is 40.6 cm³/mol. The zero-order valence-electron chi connectivity index (χ0n) is 6.68. The van der Waals surface area contributed by atoms with Crippen molar-refractivity contribution < 1.29 is 13.2 Å². The van der Waals surface area contributed by atoms with Crippen molar-refractivity contribution in [3.63, 3.8) is 0 Å². The topological polar surface area (TPSA) is 77.8 Å². The highest BCUT2D eigenvalue weighted by molar-refractivity contribution is 5.63. The van der Waals surface area contributed by atoms with Gasteiger partial charge in [0.2, 0.25) is 0 Å². The van der Waals surface area contributed by atoms with Crippen LogP contribution in [0.3, 0.4) is 0 Å². The van der Waals surface area contributed by atoms with E-state index in [4.69, 9.17) is 11.5 Å². The lowest BCUT2D eigenvalue weighted by Gasteiger charge is -2.10. The van der Waals surface area contributed by atoms with Crippen molar-refractivity contribution >= 4 is 11.5 Å². The van der Waals surface area contributed by atoms with Gasteiger partial charge in [0.1, 0.15) is 0 Å². The standard InChI is InChI=1S/C6H7F3N4/c1-2-3(10)5(11)13-12-4(2)6(7,8)9/h1H3,(H2,10,12)(H2,11,13). The molecule has 4 nitrogen and oxygen atoms in total. The Bertz CT molecular complexity index is 333. The number of anilines is 2. The second kappa shape index (κ2) is 2.75. The predicted octanol–water partition coefficient (Wildman–Crippen LogP) is 0.968. The maximum absolute atomic E-state index is 12.2. The summed E-state index contributed by atoms with van der Waals surface area (Å²) in [7, 11) is 0. The van der Waals surface area contributed by atoms with Gasteiger partial charge in [0.05, 0.1) is 5.69 Å². The van der Waals surface area contributed by atoms with Crippen LogP contribution in [0, 0.1) is 6.92 Å². The lowest BCUT2D eigenvalue weighted by Crippen LogP contribution is -2.15. The van der Waals surface area contributed by atoms with Crippen LogP contribution in [0.1, 0.15) is 11.3 Å². The van der Waals surface area contributed by atoms with E-state index in [0.29, 0.717) is 0 Å². The minimum Gasteiger partial charge on any atom is -0.395 e. The summed E-state index contributed by atoms with van der Waals surface area (Å²) < 4.78 is 36.5. The van der Waals surface area contributed by atoms with Gasteiger partial charge in [0, 0.05) is 5.56 Å². The Morgan fingerprint density at radius 1 is 1.15 bits per heavy atom. The molecule has 0 saturated heterocycles. The molecule has 0 aromatic carbocycles. The molecule has 0 aliphatic carbocycles. The number of halogens is 3.